The smallest absolute Gasteiger partial charge is 0.236 e. The first kappa shape index (κ1) is 17.7. The monoisotopic (exact) mass is 316 g/mol. The Morgan fingerprint density at radius 2 is 1.95 bits per heavy atom. The lowest BCUT2D eigenvalue weighted by Crippen LogP contribution is -2.46. The van der Waals surface area contributed by atoms with E-state index < -0.39 is 15.1 Å². The van der Waals surface area contributed by atoms with Crippen LogP contribution in [0.15, 0.2) is 22.8 Å². The van der Waals surface area contributed by atoms with Gasteiger partial charge in [0, 0.05) is 19.3 Å². The predicted octanol–water partition coefficient (Wildman–Crippen LogP) is 0.991. The van der Waals surface area contributed by atoms with Crippen LogP contribution < -0.4 is 0 Å². The second-order valence-electron chi connectivity index (χ2n) is 5.52. The van der Waals surface area contributed by atoms with Crippen molar-refractivity contribution >= 4 is 15.7 Å². The molecule has 6 nitrogen and oxygen atoms in total. The largest absolute Gasteiger partial charge is 0.467 e. The number of carbonyl (C=O) groups excluding carboxylic acids is 1. The number of amides is 1. The highest BCUT2D eigenvalue weighted by Gasteiger charge is 2.27. The second-order valence-corrected chi connectivity index (χ2v) is 7.92. The molecule has 0 N–H and O–H groups in total. The van der Waals surface area contributed by atoms with Crippen LogP contribution in [0.4, 0.5) is 0 Å². The van der Waals surface area contributed by atoms with E-state index in [-0.39, 0.29) is 18.5 Å². The number of hydrogen-bond donors (Lipinski definition) is 0. The van der Waals surface area contributed by atoms with Crippen molar-refractivity contribution in [1.29, 1.82) is 0 Å². The minimum absolute atomic E-state index is 0.0820. The number of sulfone groups is 1. The number of hydrogen-bond acceptors (Lipinski definition) is 5. The lowest BCUT2D eigenvalue weighted by atomic mass is 10.2. The van der Waals surface area contributed by atoms with E-state index in [4.69, 9.17) is 4.42 Å². The lowest BCUT2D eigenvalue weighted by molar-refractivity contribution is -0.132. The summed E-state index contributed by atoms with van der Waals surface area (Å²) in [5.41, 5.74) is 0. The van der Waals surface area contributed by atoms with E-state index in [1.807, 2.05) is 13.0 Å². The SMILES string of the molecule is C[C@H]([C@H](C)N(C)CC(=O)N(C)Cc1ccco1)S(C)(=O)=O. The molecule has 21 heavy (non-hydrogen) atoms. The van der Waals surface area contributed by atoms with Gasteiger partial charge in [0.2, 0.25) is 5.91 Å². The van der Waals surface area contributed by atoms with Crippen LogP contribution in [0.1, 0.15) is 19.6 Å². The third-order valence-corrected chi connectivity index (χ3v) is 5.58. The lowest BCUT2D eigenvalue weighted by Gasteiger charge is -2.29. The Morgan fingerprint density at radius 1 is 1.33 bits per heavy atom. The molecule has 120 valence electrons. The van der Waals surface area contributed by atoms with Crippen molar-refractivity contribution in [3.63, 3.8) is 0 Å². The third kappa shape index (κ3) is 5.17. The van der Waals surface area contributed by atoms with Crippen LogP contribution in [0, 0.1) is 0 Å². The molecule has 1 aromatic heterocycles. The molecule has 0 aliphatic rings. The summed E-state index contributed by atoms with van der Waals surface area (Å²) < 4.78 is 28.4. The molecule has 0 saturated carbocycles. The van der Waals surface area contributed by atoms with Gasteiger partial charge in [-0.15, -0.1) is 0 Å². The van der Waals surface area contributed by atoms with Gasteiger partial charge in [0.1, 0.15) is 5.76 Å². The zero-order chi connectivity index (χ0) is 16.2. The summed E-state index contributed by atoms with van der Waals surface area (Å²) in [5.74, 6) is 0.632. The summed E-state index contributed by atoms with van der Waals surface area (Å²) in [6, 6.07) is 3.35. The number of likely N-dealkylation sites (N-methyl/N-ethyl adjacent to an activating group) is 2. The quantitative estimate of drug-likeness (QED) is 0.750. The van der Waals surface area contributed by atoms with E-state index in [1.165, 1.54) is 6.26 Å². The van der Waals surface area contributed by atoms with Crippen LogP contribution in [0.25, 0.3) is 0 Å². The summed E-state index contributed by atoms with van der Waals surface area (Å²) in [7, 11) is 0.327. The van der Waals surface area contributed by atoms with Crippen molar-refractivity contribution in [3.8, 4) is 0 Å². The molecule has 0 unspecified atom stereocenters. The Morgan fingerprint density at radius 3 is 2.43 bits per heavy atom. The van der Waals surface area contributed by atoms with E-state index in [0.717, 1.165) is 0 Å². The van der Waals surface area contributed by atoms with Crippen molar-refractivity contribution in [2.24, 2.45) is 0 Å². The van der Waals surface area contributed by atoms with E-state index in [0.29, 0.717) is 12.3 Å². The Bertz CT molecular complexity index is 554. The van der Waals surface area contributed by atoms with Gasteiger partial charge in [0.05, 0.1) is 24.6 Å². The molecular weight excluding hydrogens is 292 g/mol. The number of rotatable bonds is 7. The molecule has 0 bridgehead atoms. The topological polar surface area (TPSA) is 70.8 Å². The van der Waals surface area contributed by atoms with E-state index in [1.54, 1.807) is 43.1 Å². The summed E-state index contributed by atoms with van der Waals surface area (Å²) in [5, 5.41) is -0.523. The second kappa shape index (κ2) is 7.09. The standard InChI is InChI=1S/C14H24N2O4S/c1-11(12(2)21(5,18)19)15(3)10-14(17)16(4)9-13-7-6-8-20-13/h6-8,11-12H,9-10H2,1-5H3/t11-,12+/m0/s1. The Labute approximate surface area is 126 Å². The van der Waals surface area contributed by atoms with Crippen molar-refractivity contribution in [1.82, 2.24) is 9.80 Å². The first-order chi connectivity index (χ1) is 9.62. The van der Waals surface area contributed by atoms with Gasteiger partial charge >= 0.3 is 0 Å². The highest BCUT2D eigenvalue weighted by Crippen LogP contribution is 2.11. The molecular formula is C14H24N2O4S. The molecule has 7 heteroatoms. The first-order valence-electron chi connectivity index (χ1n) is 6.78. The number of furan rings is 1. The van der Waals surface area contributed by atoms with Crippen molar-refractivity contribution in [3.05, 3.63) is 24.2 Å². The molecule has 0 aliphatic carbocycles. The molecule has 0 radical (unpaired) electrons. The summed E-state index contributed by atoms with van der Waals surface area (Å²) in [6.07, 6.45) is 2.78. The maximum atomic E-state index is 12.1. The average Bonchev–Trinajstić information content (AvgIpc) is 2.88. The minimum atomic E-state index is -3.13. The molecule has 1 heterocycles. The van der Waals surface area contributed by atoms with Gasteiger partial charge < -0.3 is 9.32 Å². The fourth-order valence-corrected chi connectivity index (χ4v) is 2.84. The number of nitrogens with zero attached hydrogens (tertiary/aromatic N) is 2. The molecule has 0 aliphatic heterocycles. The van der Waals surface area contributed by atoms with Gasteiger partial charge in [-0.2, -0.15) is 0 Å². The normalized spacial score (nSPS) is 15.0. The summed E-state index contributed by atoms with van der Waals surface area (Å²) in [6.45, 7) is 4.03. The van der Waals surface area contributed by atoms with Crippen LogP contribution >= 0.6 is 0 Å². The Kier molecular flexibility index (Phi) is 5.98. The third-order valence-electron chi connectivity index (χ3n) is 3.83. The van der Waals surface area contributed by atoms with E-state index in [9.17, 15) is 13.2 Å². The maximum Gasteiger partial charge on any atom is 0.236 e. The van der Waals surface area contributed by atoms with Crippen LogP contribution in [-0.2, 0) is 21.2 Å². The van der Waals surface area contributed by atoms with Gasteiger partial charge in [0.25, 0.3) is 0 Å². The molecule has 1 amide bonds. The van der Waals surface area contributed by atoms with E-state index >= 15 is 0 Å². The fourth-order valence-electron chi connectivity index (χ4n) is 1.92. The Balaban J connectivity index is 2.57. The molecule has 1 aromatic rings. The predicted molar refractivity (Wildman–Crippen MR) is 81.6 cm³/mol. The first-order valence-corrected chi connectivity index (χ1v) is 8.73. The zero-order valence-electron chi connectivity index (χ0n) is 13.2. The van der Waals surface area contributed by atoms with Gasteiger partial charge in [-0.25, -0.2) is 8.42 Å². The summed E-state index contributed by atoms with van der Waals surface area (Å²) >= 11 is 0. The molecule has 0 aromatic carbocycles. The highest BCUT2D eigenvalue weighted by atomic mass is 32.2. The summed E-state index contributed by atoms with van der Waals surface area (Å²) in [4.78, 5) is 15.5. The number of carbonyl (C=O) groups is 1. The highest BCUT2D eigenvalue weighted by molar-refractivity contribution is 7.91. The van der Waals surface area contributed by atoms with Crippen molar-refractivity contribution < 1.29 is 17.6 Å². The van der Waals surface area contributed by atoms with Gasteiger partial charge in [-0.05, 0) is 33.0 Å². The maximum absolute atomic E-state index is 12.1. The van der Waals surface area contributed by atoms with Crippen molar-refractivity contribution in [2.75, 3.05) is 26.9 Å². The van der Waals surface area contributed by atoms with Crippen LogP contribution in [0.5, 0.6) is 0 Å². The molecule has 2 atom stereocenters. The average molecular weight is 316 g/mol. The fraction of sp³-hybridized carbons (Fsp3) is 0.643. The van der Waals surface area contributed by atoms with E-state index in [2.05, 4.69) is 0 Å². The minimum Gasteiger partial charge on any atom is -0.467 e. The van der Waals surface area contributed by atoms with Gasteiger partial charge in [-0.3, -0.25) is 9.69 Å². The van der Waals surface area contributed by atoms with Crippen LogP contribution in [0.3, 0.4) is 0 Å². The molecule has 1 rings (SSSR count). The van der Waals surface area contributed by atoms with Gasteiger partial charge in [-0.1, -0.05) is 0 Å². The molecule has 0 spiro atoms. The van der Waals surface area contributed by atoms with Gasteiger partial charge in [0.15, 0.2) is 9.84 Å². The van der Waals surface area contributed by atoms with Crippen LogP contribution in [-0.4, -0.2) is 62.3 Å². The molecule has 0 saturated heterocycles. The molecule has 0 fully saturated rings. The zero-order valence-corrected chi connectivity index (χ0v) is 14.1. The van der Waals surface area contributed by atoms with Crippen molar-refractivity contribution in [2.45, 2.75) is 31.7 Å². The Hall–Kier alpha value is -1.34. The van der Waals surface area contributed by atoms with Crippen LogP contribution in [0.2, 0.25) is 0 Å².